The Hall–Kier alpha value is -2.13. The van der Waals surface area contributed by atoms with Crippen LogP contribution in [-0.4, -0.2) is 63.8 Å². The van der Waals surface area contributed by atoms with E-state index in [-0.39, 0.29) is 24.7 Å². The summed E-state index contributed by atoms with van der Waals surface area (Å²) >= 11 is 5.95. The van der Waals surface area contributed by atoms with Crippen LogP contribution in [0, 0.1) is 0 Å². The number of amides is 1. The number of nitrogens with one attached hydrogen (secondary N) is 2. The fourth-order valence-electron chi connectivity index (χ4n) is 2.06. The molecule has 10 heteroatoms. The van der Waals surface area contributed by atoms with Crippen LogP contribution < -0.4 is 15.4 Å². The Morgan fingerprint density at radius 2 is 2.07 bits per heavy atom. The molecule has 7 nitrogen and oxygen atoms in total. The number of carbonyl (C=O) groups excluding carboxylic acids is 1. The Morgan fingerprint density at radius 1 is 1.32 bits per heavy atom. The van der Waals surface area contributed by atoms with Crippen LogP contribution in [0.25, 0.3) is 0 Å². The largest absolute Gasteiger partial charge is 0.434 e. The predicted octanol–water partition coefficient (Wildman–Crippen LogP) is 2.49. The number of nitrogens with zero attached hydrogens (tertiary/aromatic N) is 2. The van der Waals surface area contributed by atoms with Crippen molar-refractivity contribution in [2.45, 2.75) is 26.5 Å². The number of carbonyl (C=O) groups is 1. The molecule has 0 heterocycles. The van der Waals surface area contributed by atoms with Gasteiger partial charge >= 0.3 is 6.61 Å². The first-order chi connectivity index (χ1) is 13.3. The van der Waals surface area contributed by atoms with Crippen LogP contribution in [0.15, 0.2) is 23.2 Å². The molecule has 0 spiro atoms. The molecular formula is C18H27ClF2N4O3. The van der Waals surface area contributed by atoms with Crippen LogP contribution in [0.4, 0.5) is 8.78 Å². The predicted molar refractivity (Wildman–Crippen MR) is 105 cm³/mol. The molecule has 0 saturated heterocycles. The van der Waals surface area contributed by atoms with Crippen molar-refractivity contribution in [2.75, 3.05) is 40.4 Å². The minimum absolute atomic E-state index is 0.00298. The number of halogens is 3. The van der Waals surface area contributed by atoms with Crippen LogP contribution in [0.5, 0.6) is 5.75 Å². The lowest BCUT2D eigenvalue weighted by molar-refractivity contribution is -0.127. The zero-order chi connectivity index (χ0) is 20.9. The van der Waals surface area contributed by atoms with E-state index in [1.807, 2.05) is 6.92 Å². The highest BCUT2D eigenvalue weighted by atomic mass is 35.5. The summed E-state index contributed by atoms with van der Waals surface area (Å²) in [7, 11) is 3.30. The van der Waals surface area contributed by atoms with E-state index in [1.165, 1.54) is 23.1 Å². The lowest BCUT2D eigenvalue weighted by atomic mass is 10.2. The van der Waals surface area contributed by atoms with E-state index >= 15 is 0 Å². The molecule has 0 unspecified atom stereocenters. The average Bonchev–Trinajstić information content (AvgIpc) is 2.64. The summed E-state index contributed by atoms with van der Waals surface area (Å²) in [6.45, 7) is 0.846. The minimum atomic E-state index is -2.95. The number of rotatable bonds is 11. The number of alkyl halides is 2. The maximum atomic E-state index is 12.6. The lowest BCUT2D eigenvalue weighted by Crippen LogP contribution is -2.43. The van der Waals surface area contributed by atoms with Crippen LogP contribution >= 0.6 is 11.6 Å². The van der Waals surface area contributed by atoms with Gasteiger partial charge < -0.3 is 25.0 Å². The van der Waals surface area contributed by atoms with Crippen LogP contribution in [0.1, 0.15) is 18.9 Å². The van der Waals surface area contributed by atoms with Gasteiger partial charge in [0.25, 0.3) is 0 Å². The highest BCUT2D eigenvalue weighted by molar-refractivity contribution is 6.30. The Labute approximate surface area is 169 Å². The van der Waals surface area contributed by atoms with Gasteiger partial charge in [0.2, 0.25) is 5.91 Å². The molecule has 0 saturated carbocycles. The topological polar surface area (TPSA) is 75.2 Å². The van der Waals surface area contributed by atoms with Gasteiger partial charge in [0, 0.05) is 44.4 Å². The number of aliphatic imine (C=N–C) groups is 1. The standard InChI is InChI=1S/C18H27ClF2N4O3/c1-4-27-9-5-8-22-18(24-12-16(26)25(2)3)23-11-13-10-14(19)6-7-15(13)28-17(20)21/h6-7,10,17H,4-5,8-9,11-12H2,1-3H3,(H2,22,23,24). The van der Waals surface area contributed by atoms with Crippen LogP contribution in [-0.2, 0) is 16.1 Å². The van der Waals surface area contributed by atoms with Gasteiger partial charge in [-0.15, -0.1) is 0 Å². The molecule has 0 aliphatic heterocycles. The Kier molecular flexibility index (Phi) is 11.2. The molecule has 0 radical (unpaired) electrons. The van der Waals surface area contributed by atoms with Crippen molar-refractivity contribution >= 4 is 23.5 Å². The monoisotopic (exact) mass is 420 g/mol. The summed E-state index contributed by atoms with van der Waals surface area (Å²) in [5, 5.41) is 6.39. The molecule has 0 aliphatic carbocycles. The first kappa shape index (κ1) is 23.9. The first-order valence-corrected chi connectivity index (χ1v) is 9.24. The molecule has 0 bridgehead atoms. The summed E-state index contributed by atoms with van der Waals surface area (Å²) < 4.78 is 35.0. The quantitative estimate of drug-likeness (QED) is 0.327. The van der Waals surface area contributed by atoms with Crippen LogP contribution in [0.3, 0.4) is 0 Å². The molecular weight excluding hydrogens is 394 g/mol. The molecule has 158 valence electrons. The van der Waals surface area contributed by atoms with Gasteiger partial charge in [0.15, 0.2) is 5.96 Å². The second kappa shape index (κ2) is 13.1. The molecule has 0 fully saturated rings. The highest BCUT2D eigenvalue weighted by Gasteiger charge is 2.11. The fourth-order valence-corrected chi connectivity index (χ4v) is 2.26. The SMILES string of the molecule is CCOCCCNC(=NCc1cc(Cl)ccc1OC(F)F)NCC(=O)N(C)C. The van der Waals surface area contributed by atoms with Crippen molar-refractivity contribution in [3.05, 3.63) is 28.8 Å². The smallest absolute Gasteiger partial charge is 0.387 e. The third-order valence-corrected chi connectivity index (χ3v) is 3.75. The Balaban J connectivity index is 2.82. The molecule has 1 aromatic carbocycles. The van der Waals surface area contributed by atoms with Gasteiger partial charge in [-0.1, -0.05) is 11.6 Å². The maximum absolute atomic E-state index is 12.6. The van der Waals surface area contributed by atoms with E-state index in [0.717, 1.165) is 6.42 Å². The fraction of sp³-hybridized carbons (Fsp3) is 0.556. The van der Waals surface area contributed by atoms with Crippen molar-refractivity contribution in [2.24, 2.45) is 4.99 Å². The van der Waals surface area contributed by atoms with Crippen molar-refractivity contribution in [3.63, 3.8) is 0 Å². The molecule has 0 aliphatic rings. The normalized spacial score (nSPS) is 11.5. The number of likely N-dealkylation sites (N-methyl/N-ethyl adjacent to an activating group) is 1. The van der Waals surface area contributed by atoms with Gasteiger partial charge in [-0.3, -0.25) is 4.79 Å². The van der Waals surface area contributed by atoms with Gasteiger partial charge in [-0.25, -0.2) is 4.99 Å². The van der Waals surface area contributed by atoms with Crippen molar-refractivity contribution < 1.29 is 23.0 Å². The maximum Gasteiger partial charge on any atom is 0.387 e. The van der Waals surface area contributed by atoms with Gasteiger partial charge in [-0.05, 0) is 31.5 Å². The number of ether oxygens (including phenoxy) is 2. The van der Waals surface area contributed by atoms with E-state index in [4.69, 9.17) is 16.3 Å². The van der Waals surface area contributed by atoms with Gasteiger partial charge in [0.05, 0.1) is 13.1 Å². The first-order valence-electron chi connectivity index (χ1n) is 8.86. The van der Waals surface area contributed by atoms with Gasteiger partial charge in [-0.2, -0.15) is 8.78 Å². The minimum Gasteiger partial charge on any atom is -0.434 e. The number of hydrogen-bond donors (Lipinski definition) is 2. The molecule has 0 atom stereocenters. The molecule has 1 rings (SSSR count). The van der Waals surface area contributed by atoms with E-state index in [2.05, 4.69) is 20.4 Å². The Bertz CT molecular complexity index is 645. The lowest BCUT2D eigenvalue weighted by Gasteiger charge is -2.15. The van der Waals surface area contributed by atoms with Crippen molar-refractivity contribution in [3.8, 4) is 5.75 Å². The Morgan fingerprint density at radius 3 is 2.71 bits per heavy atom. The van der Waals surface area contributed by atoms with E-state index < -0.39 is 6.61 Å². The molecule has 0 aromatic heterocycles. The van der Waals surface area contributed by atoms with Gasteiger partial charge in [0.1, 0.15) is 5.75 Å². The van der Waals surface area contributed by atoms with Crippen molar-refractivity contribution in [1.82, 2.24) is 15.5 Å². The molecule has 1 aromatic rings. The number of guanidine groups is 1. The summed E-state index contributed by atoms with van der Waals surface area (Å²) in [6, 6.07) is 4.35. The zero-order valence-corrected chi connectivity index (χ0v) is 17.1. The second-order valence-corrected chi connectivity index (χ2v) is 6.35. The molecule has 1 amide bonds. The third-order valence-electron chi connectivity index (χ3n) is 3.51. The summed E-state index contributed by atoms with van der Waals surface area (Å²) in [5.74, 6) is 0.242. The molecule has 2 N–H and O–H groups in total. The average molecular weight is 421 g/mol. The highest BCUT2D eigenvalue weighted by Crippen LogP contribution is 2.25. The van der Waals surface area contributed by atoms with E-state index in [9.17, 15) is 13.6 Å². The number of benzene rings is 1. The summed E-state index contributed by atoms with van der Waals surface area (Å²) in [4.78, 5) is 17.6. The second-order valence-electron chi connectivity index (χ2n) is 5.91. The van der Waals surface area contributed by atoms with E-state index in [0.29, 0.717) is 36.3 Å². The zero-order valence-electron chi connectivity index (χ0n) is 16.3. The third kappa shape index (κ3) is 9.70. The summed E-state index contributed by atoms with van der Waals surface area (Å²) in [6.07, 6.45) is 0.743. The van der Waals surface area contributed by atoms with E-state index in [1.54, 1.807) is 14.1 Å². The van der Waals surface area contributed by atoms with Crippen molar-refractivity contribution in [1.29, 1.82) is 0 Å². The molecule has 28 heavy (non-hydrogen) atoms. The van der Waals surface area contributed by atoms with Crippen LogP contribution in [0.2, 0.25) is 5.02 Å². The number of hydrogen-bond acceptors (Lipinski definition) is 4. The summed E-state index contributed by atoms with van der Waals surface area (Å²) in [5.41, 5.74) is 0.405.